The third-order valence-electron chi connectivity index (χ3n) is 3.81. The fraction of sp³-hybridized carbons (Fsp3) is 0.176. The van der Waals surface area contributed by atoms with E-state index in [1.54, 1.807) is 30.5 Å². The van der Waals surface area contributed by atoms with Crippen molar-refractivity contribution in [1.29, 1.82) is 0 Å². The van der Waals surface area contributed by atoms with Crippen LogP contribution in [0.25, 0.3) is 0 Å². The molecule has 120 valence electrons. The van der Waals surface area contributed by atoms with Crippen molar-refractivity contribution in [1.82, 2.24) is 20.2 Å². The lowest BCUT2D eigenvalue weighted by Gasteiger charge is -2.07. The predicted octanol–water partition coefficient (Wildman–Crippen LogP) is 3.38. The Morgan fingerprint density at radius 3 is 2.88 bits per heavy atom. The molecule has 0 atom stereocenters. The van der Waals surface area contributed by atoms with Crippen LogP contribution >= 0.6 is 0 Å². The topological polar surface area (TPSA) is 95.6 Å². The molecule has 0 unspecified atom stereocenters. The number of carbonyl (C=O) groups is 1. The quantitative estimate of drug-likeness (QED) is 0.603. The summed E-state index contributed by atoms with van der Waals surface area (Å²) in [6.07, 6.45) is 4.92. The predicted molar refractivity (Wildman–Crippen MR) is 91.0 cm³/mol. The molecule has 2 heterocycles. The van der Waals surface area contributed by atoms with E-state index in [9.17, 15) is 4.79 Å². The van der Waals surface area contributed by atoms with Crippen molar-refractivity contribution in [2.24, 2.45) is 0 Å². The highest BCUT2D eigenvalue weighted by molar-refractivity contribution is 5.77. The molecule has 4 rings (SSSR count). The van der Waals surface area contributed by atoms with Crippen LogP contribution in [-0.2, 0) is 0 Å². The Labute approximate surface area is 138 Å². The van der Waals surface area contributed by atoms with Gasteiger partial charge in [0.1, 0.15) is 12.1 Å². The zero-order valence-electron chi connectivity index (χ0n) is 12.9. The van der Waals surface area contributed by atoms with E-state index in [0.717, 1.165) is 23.5 Å². The highest BCUT2D eigenvalue weighted by atomic mass is 16.1. The molecule has 0 aliphatic heterocycles. The molecule has 7 nitrogen and oxygen atoms in total. The molecule has 0 bridgehead atoms. The summed E-state index contributed by atoms with van der Waals surface area (Å²) in [7, 11) is 0. The van der Waals surface area contributed by atoms with Gasteiger partial charge in [-0.3, -0.25) is 9.89 Å². The average molecular weight is 320 g/mol. The number of carbonyl (C=O) groups excluding carboxylic acids is 1. The van der Waals surface area contributed by atoms with Crippen molar-refractivity contribution in [2.75, 3.05) is 10.6 Å². The Bertz CT molecular complexity index is 871. The minimum Gasteiger partial charge on any atom is -0.324 e. The maximum atomic E-state index is 10.8. The molecule has 0 spiro atoms. The van der Waals surface area contributed by atoms with Crippen LogP contribution in [0, 0.1) is 0 Å². The van der Waals surface area contributed by atoms with Gasteiger partial charge in [-0.25, -0.2) is 4.98 Å². The van der Waals surface area contributed by atoms with Gasteiger partial charge in [0.2, 0.25) is 5.95 Å². The summed E-state index contributed by atoms with van der Waals surface area (Å²) in [5.41, 5.74) is 2.52. The van der Waals surface area contributed by atoms with E-state index in [0.29, 0.717) is 23.2 Å². The molecular formula is C17H16N6O. The second-order valence-electron chi connectivity index (χ2n) is 5.74. The zero-order valence-corrected chi connectivity index (χ0v) is 12.9. The summed E-state index contributed by atoms with van der Waals surface area (Å²) in [5, 5.41) is 13.6. The molecule has 7 heteroatoms. The van der Waals surface area contributed by atoms with Crippen LogP contribution in [0.2, 0.25) is 0 Å². The first-order valence-corrected chi connectivity index (χ1v) is 7.78. The lowest BCUT2D eigenvalue weighted by atomic mass is 10.2. The van der Waals surface area contributed by atoms with Gasteiger partial charge in [0.25, 0.3) is 0 Å². The third kappa shape index (κ3) is 3.24. The number of aromatic nitrogens is 4. The Balaban J connectivity index is 1.48. The van der Waals surface area contributed by atoms with Crippen molar-refractivity contribution in [3.63, 3.8) is 0 Å². The van der Waals surface area contributed by atoms with E-state index >= 15 is 0 Å². The zero-order chi connectivity index (χ0) is 16.4. The molecule has 0 saturated heterocycles. The van der Waals surface area contributed by atoms with Gasteiger partial charge in [0.05, 0.1) is 0 Å². The smallest absolute Gasteiger partial charge is 0.229 e. The first-order chi connectivity index (χ1) is 11.8. The van der Waals surface area contributed by atoms with Gasteiger partial charge in [-0.1, -0.05) is 12.1 Å². The lowest BCUT2D eigenvalue weighted by molar-refractivity contribution is 0.112. The van der Waals surface area contributed by atoms with Crippen LogP contribution in [0.15, 0.2) is 42.6 Å². The average Bonchev–Trinajstić information content (AvgIpc) is 3.35. The van der Waals surface area contributed by atoms with E-state index in [2.05, 4.69) is 30.8 Å². The first-order valence-electron chi connectivity index (χ1n) is 7.78. The van der Waals surface area contributed by atoms with Gasteiger partial charge >= 0.3 is 0 Å². The van der Waals surface area contributed by atoms with E-state index in [4.69, 9.17) is 0 Å². The van der Waals surface area contributed by atoms with Crippen LogP contribution < -0.4 is 10.6 Å². The SMILES string of the molecule is O=Cc1cccc(Nc2nccc(Nc3cc(C4CC4)[nH]n3)n2)c1. The number of anilines is 4. The van der Waals surface area contributed by atoms with E-state index in [1.807, 2.05) is 12.1 Å². The second kappa shape index (κ2) is 6.11. The third-order valence-corrected chi connectivity index (χ3v) is 3.81. The van der Waals surface area contributed by atoms with Gasteiger partial charge in [-0.15, -0.1) is 0 Å². The molecule has 1 aliphatic rings. The number of aldehydes is 1. The van der Waals surface area contributed by atoms with Crippen LogP contribution in [0.3, 0.4) is 0 Å². The van der Waals surface area contributed by atoms with Crippen molar-refractivity contribution in [3.8, 4) is 0 Å². The molecule has 1 fully saturated rings. The number of nitrogens with zero attached hydrogens (tertiary/aromatic N) is 3. The molecule has 3 N–H and O–H groups in total. The Hall–Kier alpha value is -3.22. The Morgan fingerprint density at radius 2 is 2.04 bits per heavy atom. The maximum absolute atomic E-state index is 10.8. The van der Waals surface area contributed by atoms with E-state index in [-0.39, 0.29) is 0 Å². The van der Waals surface area contributed by atoms with Crippen LogP contribution in [0.5, 0.6) is 0 Å². The summed E-state index contributed by atoms with van der Waals surface area (Å²) in [6, 6.07) is 10.9. The highest BCUT2D eigenvalue weighted by Gasteiger charge is 2.25. The summed E-state index contributed by atoms with van der Waals surface area (Å²) < 4.78 is 0. The van der Waals surface area contributed by atoms with Crippen molar-refractivity contribution >= 4 is 29.6 Å². The van der Waals surface area contributed by atoms with Crippen molar-refractivity contribution < 1.29 is 4.79 Å². The maximum Gasteiger partial charge on any atom is 0.229 e. The Kier molecular flexibility index (Phi) is 3.66. The van der Waals surface area contributed by atoms with Crippen molar-refractivity contribution in [3.05, 3.63) is 53.9 Å². The number of nitrogens with one attached hydrogen (secondary N) is 3. The molecule has 2 aromatic heterocycles. The number of hydrogen-bond donors (Lipinski definition) is 3. The van der Waals surface area contributed by atoms with Crippen LogP contribution in [0.1, 0.15) is 34.8 Å². The molecule has 1 aromatic carbocycles. The van der Waals surface area contributed by atoms with Gasteiger partial charge in [-0.2, -0.15) is 10.1 Å². The minimum atomic E-state index is 0.445. The number of benzene rings is 1. The standard InChI is InChI=1S/C17H16N6O/c24-10-11-2-1-3-13(8-11)19-17-18-7-6-15(21-17)20-16-9-14(22-23-16)12-4-5-12/h1-3,6-10,12H,4-5H2,(H3,18,19,20,21,22,23). The van der Waals surface area contributed by atoms with Gasteiger partial charge in [0, 0.05) is 35.1 Å². The van der Waals surface area contributed by atoms with Gasteiger partial charge in [0.15, 0.2) is 5.82 Å². The molecule has 0 radical (unpaired) electrons. The summed E-state index contributed by atoms with van der Waals surface area (Å²) in [5.74, 6) is 2.46. The number of aromatic amines is 1. The molecule has 24 heavy (non-hydrogen) atoms. The summed E-state index contributed by atoms with van der Waals surface area (Å²) in [4.78, 5) is 19.5. The fourth-order valence-corrected chi connectivity index (χ4v) is 2.44. The second-order valence-corrected chi connectivity index (χ2v) is 5.74. The van der Waals surface area contributed by atoms with Crippen molar-refractivity contribution in [2.45, 2.75) is 18.8 Å². The van der Waals surface area contributed by atoms with E-state index < -0.39 is 0 Å². The van der Waals surface area contributed by atoms with Crippen LogP contribution in [0.4, 0.5) is 23.3 Å². The molecule has 3 aromatic rings. The summed E-state index contributed by atoms with van der Waals surface area (Å²) >= 11 is 0. The fourth-order valence-electron chi connectivity index (χ4n) is 2.44. The minimum absolute atomic E-state index is 0.445. The summed E-state index contributed by atoms with van der Waals surface area (Å²) in [6.45, 7) is 0. The first kappa shape index (κ1) is 14.4. The van der Waals surface area contributed by atoms with E-state index in [1.165, 1.54) is 12.8 Å². The lowest BCUT2D eigenvalue weighted by Crippen LogP contribution is -2.00. The Morgan fingerprint density at radius 1 is 1.12 bits per heavy atom. The molecule has 1 aliphatic carbocycles. The van der Waals surface area contributed by atoms with Gasteiger partial charge < -0.3 is 10.6 Å². The monoisotopic (exact) mass is 320 g/mol. The highest BCUT2D eigenvalue weighted by Crippen LogP contribution is 2.39. The molecule has 0 amide bonds. The van der Waals surface area contributed by atoms with Crippen LogP contribution in [-0.4, -0.2) is 26.5 Å². The number of hydrogen-bond acceptors (Lipinski definition) is 6. The normalized spacial score (nSPS) is 13.5. The number of rotatable bonds is 6. The van der Waals surface area contributed by atoms with Gasteiger partial charge in [-0.05, 0) is 31.0 Å². The molecule has 1 saturated carbocycles. The number of H-pyrrole nitrogens is 1. The largest absolute Gasteiger partial charge is 0.324 e. The molecular weight excluding hydrogens is 304 g/mol.